The number of carbonyl (C=O) groups excluding carboxylic acids is 1. The van der Waals surface area contributed by atoms with E-state index in [2.05, 4.69) is 15.1 Å². The third kappa shape index (κ3) is 7.96. The first kappa shape index (κ1) is 30.3. The number of likely N-dealkylation sites (tertiary alicyclic amines) is 2. The molecule has 0 spiro atoms. The molecule has 1 saturated carbocycles. The molecular formula is C30H50N4O4S. The second-order valence-electron chi connectivity index (χ2n) is 12.1. The first-order chi connectivity index (χ1) is 18.7. The highest BCUT2D eigenvalue weighted by molar-refractivity contribution is 7.89. The Labute approximate surface area is 236 Å². The maximum Gasteiger partial charge on any atom is 0.243 e. The van der Waals surface area contributed by atoms with Crippen molar-refractivity contribution < 1.29 is 17.9 Å². The third-order valence-electron chi connectivity index (χ3n) is 9.18. The van der Waals surface area contributed by atoms with Gasteiger partial charge in [0.05, 0.1) is 12.0 Å². The van der Waals surface area contributed by atoms with Crippen LogP contribution in [-0.2, 0) is 14.8 Å². The highest BCUT2D eigenvalue weighted by Crippen LogP contribution is 2.29. The van der Waals surface area contributed by atoms with Crippen molar-refractivity contribution in [3.05, 3.63) is 23.3 Å². The van der Waals surface area contributed by atoms with E-state index in [1.54, 1.807) is 40.1 Å². The molecule has 0 atom stereocenters. The van der Waals surface area contributed by atoms with Gasteiger partial charge in [-0.25, -0.2) is 12.7 Å². The van der Waals surface area contributed by atoms with E-state index in [-0.39, 0.29) is 24.9 Å². The van der Waals surface area contributed by atoms with Gasteiger partial charge in [0.25, 0.3) is 0 Å². The molecule has 9 heteroatoms. The summed E-state index contributed by atoms with van der Waals surface area (Å²) in [5.74, 6) is 1.43. The lowest BCUT2D eigenvalue weighted by atomic mass is 9.87. The van der Waals surface area contributed by atoms with Gasteiger partial charge in [-0.05, 0) is 121 Å². The molecular weight excluding hydrogens is 512 g/mol. The zero-order valence-corrected chi connectivity index (χ0v) is 25.4. The van der Waals surface area contributed by atoms with Crippen molar-refractivity contribution in [2.45, 2.75) is 95.0 Å². The van der Waals surface area contributed by atoms with Crippen molar-refractivity contribution >= 4 is 15.9 Å². The van der Waals surface area contributed by atoms with Gasteiger partial charge in [-0.3, -0.25) is 4.79 Å². The van der Waals surface area contributed by atoms with E-state index >= 15 is 0 Å². The number of aryl methyl sites for hydroxylation is 2. The molecule has 3 fully saturated rings. The molecule has 1 aliphatic carbocycles. The van der Waals surface area contributed by atoms with E-state index in [4.69, 9.17) is 4.74 Å². The second-order valence-corrected chi connectivity index (χ2v) is 14.1. The van der Waals surface area contributed by atoms with Crippen LogP contribution in [0.3, 0.4) is 0 Å². The van der Waals surface area contributed by atoms with Crippen LogP contribution in [0.5, 0.6) is 5.75 Å². The molecule has 2 heterocycles. The Hall–Kier alpha value is -1.68. The molecule has 0 radical (unpaired) electrons. The number of carbonyl (C=O) groups is 1. The summed E-state index contributed by atoms with van der Waals surface area (Å²) >= 11 is 0. The van der Waals surface area contributed by atoms with Crippen LogP contribution >= 0.6 is 0 Å². The van der Waals surface area contributed by atoms with Gasteiger partial charge in [-0.15, -0.1) is 0 Å². The molecule has 220 valence electrons. The van der Waals surface area contributed by atoms with Crippen molar-refractivity contribution in [3.8, 4) is 5.75 Å². The summed E-state index contributed by atoms with van der Waals surface area (Å²) < 4.78 is 33.0. The number of nitrogens with zero attached hydrogens (tertiary/aromatic N) is 3. The summed E-state index contributed by atoms with van der Waals surface area (Å²) in [4.78, 5) is 18.4. The van der Waals surface area contributed by atoms with Crippen LogP contribution in [0, 0.1) is 19.8 Å². The van der Waals surface area contributed by atoms with Gasteiger partial charge in [0.1, 0.15) is 5.75 Å². The SMILES string of the molecule is COc1cc(C)c(S(=O)(=O)N(C)CCC(=O)N[C@H]2CC[C@H](N3CCC(CN4CCCCC4)CC3)CC2)c(C)c1. The van der Waals surface area contributed by atoms with E-state index < -0.39 is 10.0 Å². The van der Waals surface area contributed by atoms with Gasteiger partial charge in [-0.2, -0.15) is 0 Å². The maximum atomic E-state index is 13.2. The third-order valence-corrected chi connectivity index (χ3v) is 11.3. The first-order valence-electron chi connectivity index (χ1n) is 15.0. The van der Waals surface area contributed by atoms with Crippen molar-refractivity contribution in [2.75, 3.05) is 53.4 Å². The molecule has 1 aromatic rings. The number of ether oxygens (including phenoxy) is 1. The molecule has 4 rings (SSSR count). The van der Waals surface area contributed by atoms with Crippen LogP contribution in [0.2, 0.25) is 0 Å². The fourth-order valence-corrected chi connectivity index (χ4v) is 8.44. The zero-order chi connectivity index (χ0) is 28.0. The molecule has 2 aliphatic heterocycles. The maximum absolute atomic E-state index is 13.2. The summed E-state index contributed by atoms with van der Waals surface area (Å²) in [6.45, 7) is 10.0. The number of methoxy groups -OCH3 is 1. The van der Waals surface area contributed by atoms with Gasteiger partial charge in [-0.1, -0.05) is 6.42 Å². The molecule has 3 aliphatic rings. The fourth-order valence-electron chi connectivity index (χ4n) is 6.86. The van der Waals surface area contributed by atoms with Crippen LogP contribution < -0.4 is 10.1 Å². The monoisotopic (exact) mass is 562 g/mol. The van der Waals surface area contributed by atoms with Crippen LogP contribution in [0.1, 0.15) is 75.3 Å². The minimum Gasteiger partial charge on any atom is -0.497 e. The topological polar surface area (TPSA) is 82.2 Å². The number of amides is 1. The summed E-state index contributed by atoms with van der Waals surface area (Å²) in [7, 11) is -0.580. The molecule has 0 bridgehead atoms. The molecule has 0 aromatic heterocycles. The number of benzene rings is 1. The average molecular weight is 563 g/mol. The molecule has 2 saturated heterocycles. The number of sulfonamides is 1. The van der Waals surface area contributed by atoms with Gasteiger partial charge in [0.2, 0.25) is 15.9 Å². The quantitative estimate of drug-likeness (QED) is 0.465. The van der Waals surface area contributed by atoms with Crippen LogP contribution in [-0.4, -0.2) is 93.9 Å². The predicted octanol–water partition coefficient (Wildman–Crippen LogP) is 3.95. The minimum absolute atomic E-state index is 0.0674. The summed E-state index contributed by atoms with van der Waals surface area (Å²) in [6, 6.07) is 4.29. The molecule has 8 nitrogen and oxygen atoms in total. The van der Waals surface area contributed by atoms with Gasteiger partial charge in [0, 0.05) is 38.6 Å². The Bertz CT molecular complexity index is 1030. The summed E-state index contributed by atoms with van der Waals surface area (Å²) in [5, 5.41) is 3.18. The predicted molar refractivity (Wildman–Crippen MR) is 156 cm³/mol. The average Bonchev–Trinajstić information content (AvgIpc) is 2.92. The number of piperidine rings is 2. The number of hydrogen-bond donors (Lipinski definition) is 1. The normalized spacial score (nSPS) is 24.1. The fraction of sp³-hybridized carbons (Fsp3) is 0.767. The number of rotatable bonds is 10. The van der Waals surface area contributed by atoms with E-state index in [0.717, 1.165) is 31.6 Å². The Kier molecular flexibility index (Phi) is 10.7. The molecule has 0 unspecified atom stereocenters. The van der Waals surface area contributed by atoms with E-state index in [1.807, 2.05) is 0 Å². The van der Waals surface area contributed by atoms with Crippen LogP contribution in [0.4, 0.5) is 0 Å². The Morgan fingerprint density at radius 3 is 2.18 bits per heavy atom. The van der Waals surface area contributed by atoms with Crippen molar-refractivity contribution in [2.24, 2.45) is 5.92 Å². The Balaban J connectivity index is 1.16. The van der Waals surface area contributed by atoms with E-state index in [0.29, 0.717) is 27.8 Å². The first-order valence-corrected chi connectivity index (χ1v) is 16.5. The summed E-state index contributed by atoms with van der Waals surface area (Å²) in [6.07, 6.45) is 11.2. The summed E-state index contributed by atoms with van der Waals surface area (Å²) in [5.41, 5.74) is 1.29. The van der Waals surface area contributed by atoms with Gasteiger partial charge < -0.3 is 19.9 Å². The number of hydrogen-bond acceptors (Lipinski definition) is 6. The minimum atomic E-state index is -3.70. The van der Waals surface area contributed by atoms with E-state index in [1.165, 1.54) is 69.1 Å². The smallest absolute Gasteiger partial charge is 0.243 e. The largest absolute Gasteiger partial charge is 0.497 e. The molecule has 1 N–H and O–H groups in total. The molecule has 1 aromatic carbocycles. The van der Waals surface area contributed by atoms with E-state index in [9.17, 15) is 13.2 Å². The lowest BCUT2D eigenvalue weighted by Gasteiger charge is -2.42. The molecule has 1 amide bonds. The van der Waals surface area contributed by atoms with Crippen LogP contribution in [0.25, 0.3) is 0 Å². The van der Waals surface area contributed by atoms with Crippen molar-refractivity contribution in [1.29, 1.82) is 0 Å². The Morgan fingerprint density at radius 1 is 0.974 bits per heavy atom. The van der Waals surface area contributed by atoms with Gasteiger partial charge >= 0.3 is 0 Å². The number of nitrogens with one attached hydrogen (secondary N) is 1. The molecule has 39 heavy (non-hydrogen) atoms. The van der Waals surface area contributed by atoms with Crippen molar-refractivity contribution in [1.82, 2.24) is 19.4 Å². The lowest BCUT2D eigenvalue weighted by Crippen LogP contribution is -2.48. The van der Waals surface area contributed by atoms with Crippen LogP contribution in [0.15, 0.2) is 17.0 Å². The highest BCUT2D eigenvalue weighted by Gasteiger charge is 2.31. The highest BCUT2D eigenvalue weighted by atomic mass is 32.2. The van der Waals surface area contributed by atoms with Crippen molar-refractivity contribution in [3.63, 3.8) is 0 Å². The standard InChI is InChI=1S/C30H50N4O4S/c1-23-20-28(38-4)21-24(2)30(23)39(36,37)32(3)17-14-29(35)31-26-8-10-27(11-9-26)34-18-12-25(13-19-34)22-33-15-6-5-7-16-33/h20-21,25-27H,5-19,22H2,1-4H3,(H,31,35)/t26-,27-. The zero-order valence-electron chi connectivity index (χ0n) is 24.6. The second kappa shape index (κ2) is 13.8. The van der Waals surface area contributed by atoms with Gasteiger partial charge in [0.15, 0.2) is 0 Å². The lowest BCUT2D eigenvalue weighted by molar-refractivity contribution is -0.122. The Morgan fingerprint density at radius 2 is 1.59 bits per heavy atom.